The third-order valence-electron chi connectivity index (χ3n) is 3.30. The monoisotopic (exact) mass is 285 g/mol. The van der Waals surface area contributed by atoms with Crippen molar-refractivity contribution in [3.63, 3.8) is 0 Å². The maximum absolute atomic E-state index is 11.8. The number of hydrogen-bond donors (Lipinski definition) is 1. The van der Waals surface area contributed by atoms with Gasteiger partial charge in [0.15, 0.2) is 0 Å². The van der Waals surface area contributed by atoms with Crippen molar-refractivity contribution >= 4 is 29.0 Å². The molecule has 2 nitrogen and oxygen atoms in total. The number of benzene rings is 1. The Morgan fingerprint density at radius 1 is 1.30 bits per heavy atom. The summed E-state index contributed by atoms with van der Waals surface area (Å²) in [7, 11) is 0. The van der Waals surface area contributed by atoms with Crippen molar-refractivity contribution < 1.29 is 4.79 Å². The van der Waals surface area contributed by atoms with E-state index in [-0.39, 0.29) is 5.91 Å². The summed E-state index contributed by atoms with van der Waals surface area (Å²) in [6, 6.07) is 12.0. The first-order valence-corrected chi connectivity index (χ1v) is 7.69. The highest BCUT2D eigenvalue weighted by Crippen LogP contribution is 2.20. The van der Waals surface area contributed by atoms with E-state index in [0.29, 0.717) is 5.92 Å². The van der Waals surface area contributed by atoms with Crippen molar-refractivity contribution in [1.29, 1.82) is 0 Å². The number of hydrogen-bond acceptors (Lipinski definition) is 2. The molecule has 1 amide bonds. The van der Waals surface area contributed by atoms with Crippen molar-refractivity contribution in [3.05, 3.63) is 58.3 Å². The third-order valence-corrected chi connectivity index (χ3v) is 4.14. The van der Waals surface area contributed by atoms with Crippen LogP contribution in [0.3, 0.4) is 0 Å². The predicted octanol–water partition coefficient (Wildman–Crippen LogP) is 4.91. The standard InChI is InChI=1S/C17H19NOS/c1-3-13(2)14-6-8-15(9-7-14)18-17(19)11-10-16-5-4-12-20-16/h4-13H,3H2,1-2H3,(H,18,19). The van der Waals surface area contributed by atoms with Crippen molar-refractivity contribution in [1.82, 2.24) is 0 Å². The molecular formula is C17H19NOS. The van der Waals surface area contributed by atoms with Gasteiger partial charge in [0.1, 0.15) is 0 Å². The van der Waals surface area contributed by atoms with Gasteiger partial charge < -0.3 is 5.32 Å². The molecule has 2 rings (SSSR count). The van der Waals surface area contributed by atoms with Crippen LogP contribution < -0.4 is 5.32 Å². The Morgan fingerprint density at radius 3 is 2.65 bits per heavy atom. The van der Waals surface area contributed by atoms with Gasteiger partial charge in [0, 0.05) is 16.6 Å². The summed E-state index contributed by atoms with van der Waals surface area (Å²) >= 11 is 1.61. The van der Waals surface area contributed by atoms with E-state index in [1.807, 2.05) is 35.7 Å². The molecule has 1 aromatic heterocycles. The van der Waals surface area contributed by atoms with E-state index in [1.54, 1.807) is 17.4 Å². The molecule has 1 N–H and O–H groups in total. The lowest BCUT2D eigenvalue weighted by molar-refractivity contribution is -0.111. The van der Waals surface area contributed by atoms with Gasteiger partial charge in [-0.15, -0.1) is 11.3 Å². The van der Waals surface area contributed by atoms with Gasteiger partial charge in [0.2, 0.25) is 5.91 Å². The molecule has 0 aliphatic rings. The Morgan fingerprint density at radius 2 is 2.05 bits per heavy atom. The smallest absolute Gasteiger partial charge is 0.248 e. The van der Waals surface area contributed by atoms with Gasteiger partial charge in [0.25, 0.3) is 0 Å². The van der Waals surface area contributed by atoms with Crippen LogP contribution in [0.2, 0.25) is 0 Å². The van der Waals surface area contributed by atoms with Crippen LogP contribution in [-0.4, -0.2) is 5.91 Å². The molecule has 3 heteroatoms. The average Bonchev–Trinajstić information content (AvgIpc) is 2.98. The Balaban J connectivity index is 1.94. The zero-order valence-corrected chi connectivity index (χ0v) is 12.6. The molecule has 104 valence electrons. The number of rotatable bonds is 5. The number of anilines is 1. The highest BCUT2D eigenvalue weighted by Gasteiger charge is 2.03. The molecule has 20 heavy (non-hydrogen) atoms. The highest BCUT2D eigenvalue weighted by atomic mass is 32.1. The fraction of sp³-hybridized carbons (Fsp3) is 0.235. The van der Waals surface area contributed by atoms with Crippen LogP contribution in [-0.2, 0) is 4.79 Å². The van der Waals surface area contributed by atoms with Crippen LogP contribution in [0.5, 0.6) is 0 Å². The van der Waals surface area contributed by atoms with Gasteiger partial charge >= 0.3 is 0 Å². The normalized spacial score (nSPS) is 12.5. The minimum atomic E-state index is -0.102. The lowest BCUT2D eigenvalue weighted by Crippen LogP contribution is -2.07. The van der Waals surface area contributed by atoms with Gasteiger partial charge in [0.05, 0.1) is 0 Å². The van der Waals surface area contributed by atoms with Gasteiger partial charge in [-0.25, -0.2) is 0 Å². The van der Waals surface area contributed by atoms with Crippen LogP contribution in [0.1, 0.15) is 36.6 Å². The van der Waals surface area contributed by atoms with E-state index in [1.165, 1.54) is 5.56 Å². The summed E-state index contributed by atoms with van der Waals surface area (Å²) in [4.78, 5) is 12.9. The second-order valence-electron chi connectivity index (χ2n) is 4.77. The van der Waals surface area contributed by atoms with E-state index in [9.17, 15) is 4.79 Å². The summed E-state index contributed by atoms with van der Waals surface area (Å²) in [5, 5.41) is 4.86. The summed E-state index contributed by atoms with van der Waals surface area (Å²) < 4.78 is 0. The molecule has 0 bridgehead atoms. The zero-order chi connectivity index (χ0) is 14.4. The molecule has 0 spiro atoms. The maximum Gasteiger partial charge on any atom is 0.248 e. The molecule has 0 saturated carbocycles. The van der Waals surface area contributed by atoms with Gasteiger partial charge in [-0.2, -0.15) is 0 Å². The Hall–Kier alpha value is -1.87. The number of thiophene rings is 1. The van der Waals surface area contributed by atoms with Crippen LogP contribution in [0.25, 0.3) is 6.08 Å². The van der Waals surface area contributed by atoms with Gasteiger partial charge in [-0.3, -0.25) is 4.79 Å². The molecule has 1 heterocycles. The first-order chi connectivity index (χ1) is 9.69. The summed E-state index contributed by atoms with van der Waals surface area (Å²) in [5.74, 6) is 0.452. The Bertz CT molecular complexity index is 570. The summed E-state index contributed by atoms with van der Waals surface area (Å²) in [5.41, 5.74) is 2.14. The minimum absolute atomic E-state index is 0.102. The Labute approximate surface area is 124 Å². The molecule has 0 aliphatic heterocycles. The minimum Gasteiger partial charge on any atom is -0.323 e. The first kappa shape index (κ1) is 14.5. The van der Waals surface area contributed by atoms with Crippen LogP contribution >= 0.6 is 11.3 Å². The number of carbonyl (C=O) groups is 1. The molecule has 1 aromatic carbocycles. The van der Waals surface area contributed by atoms with Crippen LogP contribution in [0.4, 0.5) is 5.69 Å². The molecule has 1 atom stereocenters. The van der Waals surface area contributed by atoms with Crippen LogP contribution in [0, 0.1) is 0 Å². The number of nitrogens with one attached hydrogen (secondary N) is 1. The lowest BCUT2D eigenvalue weighted by atomic mass is 9.99. The number of amides is 1. The molecular weight excluding hydrogens is 266 g/mol. The van der Waals surface area contributed by atoms with Crippen LogP contribution in [0.15, 0.2) is 47.9 Å². The van der Waals surface area contributed by atoms with Gasteiger partial charge in [-0.05, 0) is 47.6 Å². The van der Waals surface area contributed by atoms with E-state index >= 15 is 0 Å². The average molecular weight is 285 g/mol. The number of carbonyl (C=O) groups excluding carboxylic acids is 1. The van der Waals surface area contributed by atoms with Crippen molar-refractivity contribution in [2.45, 2.75) is 26.2 Å². The zero-order valence-electron chi connectivity index (χ0n) is 11.8. The third kappa shape index (κ3) is 4.07. The molecule has 0 radical (unpaired) electrons. The summed E-state index contributed by atoms with van der Waals surface area (Å²) in [6.07, 6.45) is 4.51. The first-order valence-electron chi connectivity index (χ1n) is 6.81. The van der Waals surface area contributed by atoms with Crippen molar-refractivity contribution in [3.8, 4) is 0 Å². The second kappa shape index (κ2) is 7.06. The maximum atomic E-state index is 11.8. The Kier molecular flexibility index (Phi) is 5.13. The highest BCUT2D eigenvalue weighted by molar-refractivity contribution is 7.10. The molecule has 2 aromatic rings. The fourth-order valence-electron chi connectivity index (χ4n) is 1.86. The SMILES string of the molecule is CCC(C)c1ccc(NC(=O)C=Cc2cccs2)cc1. The summed E-state index contributed by atoms with van der Waals surface area (Å²) in [6.45, 7) is 4.38. The molecule has 1 unspecified atom stereocenters. The largest absolute Gasteiger partial charge is 0.323 e. The van der Waals surface area contributed by atoms with E-state index in [0.717, 1.165) is 17.0 Å². The van der Waals surface area contributed by atoms with Gasteiger partial charge in [-0.1, -0.05) is 32.0 Å². The molecule has 0 aliphatic carbocycles. The van der Waals surface area contributed by atoms with Crippen molar-refractivity contribution in [2.75, 3.05) is 5.32 Å². The quantitative estimate of drug-likeness (QED) is 0.777. The molecule has 0 fully saturated rings. The molecule has 0 saturated heterocycles. The lowest BCUT2D eigenvalue weighted by Gasteiger charge is -2.09. The van der Waals surface area contributed by atoms with E-state index < -0.39 is 0 Å². The van der Waals surface area contributed by atoms with E-state index in [4.69, 9.17) is 0 Å². The topological polar surface area (TPSA) is 29.1 Å². The fourth-order valence-corrected chi connectivity index (χ4v) is 2.48. The van der Waals surface area contributed by atoms with Crippen molar-refractivity contribution in [2.24, 2.45) is 0 Å². The second-order valence-corrected chi connectivity index (χ2v) is 5.75. The predicted molar refractivity (Wildman–Crippen MR) is 87.1 cm³/mol. The van der Waals surface area contributed by atoms with E-state index in [2.05, 4.69) is 31.3 Å².